The van der Waals surface area contributed by atoms with Crippen molar-refractivity contribution in [2.45, 2.75) is 25.4 Å². The maximum absolute atomic E-state index is 12.0. The molecule has 118 valence electrons. The molecule has 0 aromatic carbocycles. The van der Waals surface area contributed by atoms with E-state index in [9.17, 15) is 13.2 Å². The van der Waals surface area contributed by atoms with Crippen molar-refractivity contribution < 1.29 is 13.2 Å². The van der Waals surface area contributed by atoms with Crippen molar-refractivity contribution in [1.29, 1.82) is 0 Å². The molecule has 0 saturated carbocycles. The highest BCUT2D eigenvalue weighted by Gasteiger charge is 2.25. The first-order valence-corrected chi connectivity index (χ1v) is 8.84. The first-order valence-electron chi connectivity index (χ1n) is 6.64. The number of anilines is 1. The van der Waals surface area contributed by atoms with Crippen LogP contribution in [0.15, 0.2) is 11.0 Å². The van der Waals surface area contributed by atoms with Gasteiger partial charge in [-0.25, -0.2) is 13.1 Å². The lowest BCUT2D eigenvalue weighted by atomic mass is 10.2. The zero-order valence-electron chi connectivity index (χ0n) is 11.7. The lowest BCUT2D eigenvalue weighted by Gasteiger charge is -2.24. The van der Waals surface area contributed by atoms with Crippen molar-refractivity contribution in [3.63, 3.8) is 0 Å². The van der Waals surface area contributed by atoms with Gasteiger partial charge in [0.2, 0.25) is 0 Å². The zero-order chi connectivity index (χ0) is 15.5. The summed E-state index contributed by atoms with van der Waals surface area (Å²) >= 11 is 6.04. The first kappa shape index (κ1) is 16.3. The normalized spacial score (nSPS) is 21.1. The maximum Gasteiger partial charge on any atom is 0.287 e. The SMILES string of the molecule is COCCn1ncc(NC2CCCS(=O)(=O)C2)c(Cl)c1=O. The molecule has 0 amide bonds. The highest BCUT2D eigenvalue weighted by atomic mass is 35.5. The Hall–Kier alpha value is -1.12. The summed E-state index contributed by atoms with van der Waals surface area (Å²) in [5.41, 5.74) is -0.0465. The molecule has 0 bridgehead atoms. The third-order valence-corrected chi connectivity index (χ3v) is 5.50. The summed E-state index contributed by atoms with van der Waals surface area (Å²) in [6.07, 6.45) is 2.78. The Labute approximate surface area is 128 Å². The van der Waals surface area contributed by atoms with Crippen LogP contribution in [0.4, 0.5) is 5.69 Å². The van der Waals surface area contributed by atoms with E-state index in [0.29, 0.717) is 25.3 Å². The number of aromatic nitrogens is 2. The molecule has 1 aromatic heterocycles. The van der Waals surface area contributed by atoms with E-state index in [1.54, 1.807) is 0 Å². The molecule has 1 N–H and O–H groups in total. The second-order valence-electron chi connectivity index (χ2n) is 4.99. The average Bonchev–Trinajstić information content (AvgIpc) is 2.42. The fourth-order valence-electron chi connectivity index (χ4n) is 2.26. The number of sulfone groups is 1. The van der Waals surface area contributed by atoms with Crippen molar-refractivity contribution in [3.8, 4) is 0 Å². The molecule has 1 aliphatic rings. The van der Waals surface area contributed by atoms with Crippen LogP contribution in [0, 0.1) is 0 Å². The van der Waals surface area contributed by atoms with Crippen LogP contribution in [0.1, 0.15) is 12.8 Å². The van der Waals surface area contributed by atoms with E-state index < -0.39 is 15.4 Å². The molecule has 0 radical (unpaired) electrons. The summed E-state index contributed by atoms with van der Waals surface area (Å²) in [5, 5.41) is 7.03. The summed E-state index contributed by atoms with van der Waals surface area (Å²) in [5.74, 6) is 0.270. The number of halogens is 1. The van der Waals surface area contributed by atoms with Gasteiger partial charge in [-0.05, 0) is 12.8 Å². The van der Waals surface area contributed by atoms with Gasteiger partial charge < -0.3 is 10.1 Å². The summed E-state index contributed by atoms with van der Waals surface area (Å²) in [4.78, 5) is 12.0. The molecule has 0 spiro atoms. The minimum atomic E-state index is -3.02. The van der Waals surface area contributed by atoms with Gasteiger partial charge in [0.05, 0.1) is 36.5 Å². The summed E-state index contributed by atoms with van der Waals surface area (Å²) in [7, 11) is -1.49. The van der Waals surface area contributed by atoms with Gasteiger partial charge in [0.1, 0.15) is 5.02 Å². The highest BCUT2D eigenvalue weighted by molar-refractivity contribution is 7.91. The summed E-state index contributed by atoms with van der Waals surface area (Å²) in [6, 6.07) is -0.239. The molecule has 21 heavy (non-hydrogen) atoms. The zero-order valence-corrected chi connectivity index (χ0v) is 13.3. The lowest BCUT2D eigenvalue weighted by Crippen LogP contribution is -2.36. The maximum atomic E-state index is 12.0. The van der Waals surface area contributed by atoms with Crippen LogP contribution in [-0.4, -0.2) is 49.5 Å². The topological polar surface area (TPSA) is 90.3 Å². The summed E-state index contributed by atoms with van der Waals surface area (Å²) in [6.45, 7) is 0.671. The van der Waals surface area contributed by atoms with Crippen molar-refractivity contribution in [2.24, 2.45) is 0 Å². The Morgan fingerprint density at radius 1 is 1.57 bits per heavy atom. The highest BCUT2D eigenvalue weighted by Crippen LogP contribution is 2.21. The first-order chi connectivity index (χ1) is 9.93. The third kappa shape index (κ3) is 4.18. The molecule has 7 nitrogen and oxygen atoms in total. The van der Waals surface area contributed by atoms with Crippen molar-refractivity contribution in [1.82, 2.24) is 9.78 Å². The smallest absolute Gasteiger partial charge is 0.287 e. The van der Waals surface area contributed by atoms with E-state index in [0.717, 1.165) is 6.42 Å². The quantitative estimate of drug-likeness (QED) is 0.844. The van der Waals surface area contributed by atoms with Crippen molar-refractivity contribution >= 4 is 27.1 Å². The number of rotatable bonds is 5. The second kappa shape index (κ2) is 6.76. The Bertz CT molecular complexity index is 659. The van der Waals surface area contributed by atoms with Gasteiger partial charge in [-0.1, -0.05) is 11.6 Å². The molecule has 2 rings (SSSR count). The van der Waals surface area contributed by atoms with Crippen molar-refractivity contribution in [3.05, 3.63) is 21.6 Å². The fourth-order valence-corrected chi connectivity index (χ4v) is 4.10. The minimum Gasteiger partial charge on any atom is -0.383 e. The van der Waals surface area contributed by atoms with Gasteiger partial charge in [-0.2, -0.15) is 5.10 Å². The molecule has 9 heteroatoms. The van der Waals surface area contributed by atoms with Gasteiger partial charge in [-0.15, -0.1) is 0 Å². The lowest BCUT2D eigenvalue weighted by molar-refractivity contribution is 0.182. The number of nitrogens with one attached hydrogen (secondary N) is 1. The van der Waals surface area contributed by atoms with Gasteiger partial charge in [0, 0.05) is 13.2 Å². The molecule has 1 unspecified atom stereocenters. The van der Waals surface area contributed by atoms with Gasteiger partial charge in [0.15, 0.2) is 9.84 Å². The molecule has 1 atom stereocenters. The van der Waals surface area contributed by atoms with Gasteiger partial charge >= 0.3 is 0 Å². The Balaban J connectivity index is 2.14. The molecule has 0 aliphatic carbocycles. The Morgan fingerprint density at radius 3 is 3.00 bits per heavy atom. The minimum absolute atomic E-state index is 0.0177. The standard InChI is InChI=1S/C12H18ClN3O4S/c1-20-5-4-16-12(17)11(13)10(7-14-16)15-9-3-2-6-21(18,19)8-9/h7,9,15H,2-6,8H2,1H3. The van der Waals surface area contributed by atoms with Crippen LogP contribution < -0.4 is 10.9 Å². The van der Waals surface area contributed by atoms with Gasteiger partial charge in [-0.3, -0.25) is 4.79 Å². The summed E-state index contributed by atoms with van der Waals surface area (Å²) < 4.78 is 29.3. The molecular formula is C12H18ClN3O4S. The third-order valence-electron chi connectivity index (χ3n) is 3.31. The molecule has 1 aromatic rings. The molecule has 2 heterocycles. The fraction of sp³-hybridized carbons (Fsp3) is 0.667. The molecule has 1 aliphatic heterocycles. The van der Waals surface area contributed by atoms with Crippen LogP contribution in [0.2, 0.25) is 5.02 Å². The van der Waals surface area contributed by atoms with E-state index in [2.05, 4.69) is 10.4 Å². The number of hydrogen-bond acceptors (Lipinski definition) is 6. The van der Waals surface area contributed by atoms with E-state index >= 15 is 0 Å². The van der Waals surface area contributed by atoms with Crippen molar-refractivity contribution in [2.75, 3.05) is 30.5 Å². The predicted molar refractivity (Wildman–Crippen MR) is 80.7 cm³/mol. The Morgan fingerprint density at radius 2 is 2.33 bits per heavy atom. The number of hydrogen-bond donors (Lipinski definition) is 1. The van der Waals surface area contributed by atoms with Crippen LogP contribution in [0.25, 0.3) is 0 Å². The Kier molecular flexibility index (Phi) is 5.23. The number of nitrogens with zero attached hydrogens (tertiary/aromatic N) is 2. The van der Waals surface area contributed by atoms with Crippen LogP contribution in [-0.2, 0) is 21.1 Å². The number of ether oxygens (including phenoxy) is 1. The van der Waals surface area contributed by atoms with Crippen LogP contribution >= 0.6 is 11.6 Å². The van der Waals surface area contributed by atoms with E-state index in [4.69, 9.17) is 16.3 Å². The monoisotopic (exact) mass is 335 g/mol. The van der Waals surface area contributed by atoms with Gasteiger partial charge in [0.25, 0.3) is 5.56 Å². The van der Waals surface area contributed by atoms with Crippen LogP contribution in [0.5, 0.6) is 0 Å². The largest absolute Gasteiger partial charge is 0.383 e. The second-order valence-corrected chi connectivity index (χ2v) is 7.60. The number of methoxy groups -OCH3 is 1. The van der Waals surface area contributed by atoms with Crippen LogP contribution in [0.3, 0.4) is 0 Å². The molecule has 1 fully saturated rings. The molecule has 1 saturated heterocycles. The van der Waals surface area contributed by atoms with E-state index in [-0.39, 0.29) is 22.6 Å². The molecular weight excluding hydrogens is 318 g/mol. The predicted octanol–water partition coefficient (Wildman–Crippen LogP) is 0.532. The van der Waals surface area contributed by atoms with E-state index in [1.165, 1.54) is 18.0 Å². The average molecular weight is 336 g/mol. The van der Waals surface area contributed by atoms with E-state index in [1.807, 2.05) is 0 Å².